The number of nitrogens with two attached hydrogens (primary N) is 1. The fourth-order valence-electron chi connectivity index (χ4n) is 2.34. The quantitative estimate of drug-likeness (QED) is 0.758. The van der Waals surface area contributed by atoms with Crippen molar-refractivity contribution in [3.8, 4) is 0 Å². The molecule has 0 bridgehead atoms. The summed E-state index contributed by atoms with van der Waals surface area (Å²) in [5, 5.41) is 3.02. The van der Waals surface area contributed by atoms with Crippen molar-refractivity contribution in [3.63, 3.8) is 0 Å². The molecule has 0 aliphatic rings. The third kappa shape index (κ3) is 2.32. The molecule has 1 atom stereocenters. The van der Waals surface area contributed by atoms with E-state index >= 15 is 0 Å². The summed E-state index contributed by atoms with van der Waals surface area (Å²) in [4.78, 5) is 0. The topological polar surface area (TPSA) is 26.0 Å². The van der Waals surface area contributed by atoms with E-state index in [1.165, 1.54) is 18.2 Å². The molecule has 2 N–H and O–H groups in total. The maximum Gasteiger partial charge on any atom is 0.129 e. The summed E-state index contributed by atoms with van der Waals surface area (Å²) in [6.45, 7) is 0. The van der Waals surface area contributed by atoms with Crippen LogP contribution < -0.4 is 5.73 Å². The van der Waals surface area contributed by atoms with Crippen molar-refractivity contribution in [2.75, 3.05) is 0 Å². The van der Waals surface area contributed by atoms with E-state index in [2.05, 4.69) is 0 Å². The summed E-state index contributed by atoms with van der Waals surface area (Å²) in [5.74, 6) is -1.08. The molecule has 1 aromatic heterocycles. The molecule has 4 heteroatoms. The zero-order chi connectivity index (χ0) is 14.1. The molecule has 0 saturated carbocycles. The lowest BCUT2D eigenvalue weighted by Crippen LogP contribution is -2.14. The SMILES string of the molecule is NC(Cc1c(F)cccc1F)c1csc2ccccc12. The minimum atomic E-state index is -0.542. The van der Waals surface area contributed by atoms with Crippen LogP contribution in [0.25, 0.3) is 10.1 Å². The summed E-state index contributed by atoms with van der Waals surface area (Å²) in [7, 11) is 0. The Morgan fingerprint density at radius 3 is 2.45 bits per heavy atom. The first-order chi connectivity index (χ1) is 9.66. The standard InChI is InChI=1S/C16H13F2NS/c17-13-5-3-6-14(18)11(13)8-15(19)12-9-20-16-7-2-1-4-10(12)16/h1-7,9,15H,8,19H2. The van der Waals surface area contributed by atoms with E-state index in [4.69, 9.17) is 5.73 Å². The van der Waals surface area contributed by atoms with Gasteiger partial charge in [0.1, 0.15) is 11.6 Å². The molecule has 0 aliphatic carbocycles. The first-order valence-electron chi connectivity index (χ1n) is 6.31. The van der Waals surface area contributed by atoms with Crippen LogP contribution in [0.15, 0.2) is 47.8 Å². The van der Waals surface area contributed by atoms with Crippen LogP contribution in [0.2, 0.25) is 0 Å². The van der Waals surface area contributed by atoms with Gasteiger partial charge in [0, 0.05) is 16.3 Å². The number of fused-ring (bicyclic) bond motifs is 1. The Kier molecular flexibility index (Phi) is 3.51. The van der Waals surface area contributed by atoms with Gasteiger partial charge in [0.15, 0.2) is 0 Å². The maximum atomic E-state index is 13.7. The number of benzene rings is 2. The van der Waals surface area contributed by atoms with Crippen LogP contribution in [0.1, 0.15) is 17.2 Å². The van der Waals surface area contributed by atoms with E-state index in [1.54, 1.807) is 11.3 Å². The second-order valence-electron chi connectivity index (χ2n) is 4.70. The minimum Gasteiger partial charge on any atom is -0.324 e. The Bertz CT molecular complexity index is 731. The van der Waals surface area contributed by atoms with E-state index in [9.17, 15) is 8.78 Å². The van der Waals surface area contributed by atoms with E-state index in [-0.39, 0.29) is 12.0 Å². The summed E-state index contributed by atoms with van der Waals surface area (Å²) in [5.41, 5.74) is 7.14. The molecule has 1 heterocycles. The van der Waals surface area contributed by atoms with E-state index in [0.717, 1.165) is 15.6 Å². The third-order valence-corrected chi connectivity index (χ3v) is 4.38. The zero-order valence-electron chi connectivity index (χ0n) is 10.6. The molecule has 0 radical (unpaired) electrons. The third-order valence-electron chi connectivity index (χ3n) is 3.40. The molecule has 20 heavy (non-hydrogen) atoms. The molecular formula is C16H13F2NS. The predicted octanol–water partition coefficient (Wildman–Crippen LogP) is 4.42. The largest absolute Gasteiger partial charge is 0.324 e. The summed E-state index contributed by atoms with van der Waals surface area (Å²) in [6.07, 6.45) is 0.152. The summed E-state index contributed by atoms with van der Waals surface area (Å²) in [6, 6.07) is 11.4. The molecule has 3 aromatic rings. The van der Waals surface area contributed by atoms with E-state index in [1.807, 2.05) is 29.6 Å². The van der Waals surface area contributed by atoms with Crippen LogP contribution >= 0.6 is 11.3 Å². The molecule has 0 aliphatic heterocycles. The number of thiophene rings is 1. The van der Waals surface area contributed by atoms with Crippen LogP contribution in [0.3, 0.4) is 0 Å². The van der Waals surface area contributed by atoms with Gasteiger partial charge in [0.2, 0.25) is 0 Å². The molecular weight excluding hydrogens is 276 g/mol. The Morgan fingerprint density at radius 1 is 1.00 bits per heavy atom. The molecule has 0 amide bonds. The molecule has 1 nitrogen and oxygen atoms in total. The minimum absolute atomic E-state index is 0.0512. The van der Waals surface area contributed by atoms with Crippen molar-refractivity contribution in [2.24, 2.45) is 5.73 Å². The van der Waals surface area contributed by atoms with Crippen molar-refractivity contribution in [2.45, 2.75) is 12.5 Å². The Labute approximate surface area is 119 Å². The van der Waals surface area contributed by atoms with Crippen LogP contribution in [0, 0.1) is 11.6 Å². The van der Waals surface area contributed by atoms with Crippen molar-refractivity contribution >= 4 is 21.4 Å². The molecule has 0 fully saturated rings. The number of halogens is 2. The molecule has 0 saturated heterocycles. The lowest BCUT2D eigenvalue weighted by molar-refractivity contribution is 0.540. The van der Waals surface area contributed by atoms with Gasteiger partial charge in [0.05, 0.1) is 0 Å². The first-order valence-corrected chi connectivity index (χ1v) is 7.19. The average Bonchev–Trinajstić information content (AvgIpc) is 2.87. The second-order valence-corrected chi connectivity index (χ2v) is 5.61. The molecule has 0 spiro atoms. The number of hydrogen-bond donors (Lipinski definition) is 1. The first kappa shape index (κ1) is 13.2. The molecule has 3 rings (SSSR count). The maximum absolute atomic E-state index is 13.7. The summed E-state index contributed by atoms with van der Waals surface area (Å²) < 4.78 is 28.5. The van der Waals surface area contributed by atoms with E-state index < -0.39 is 17.7 Å². The van der Waals surface area contributed by atoms with Gasteiger partial charge in [-0.2, -0.15) is 0 Å². The number of hydrogen-bond acceptors (Lipinski definition) is 2. The normalized spacial score (nSPS) is 12.8. The van der Waals surface area contributed by atoms with Crippen LogP contribution in [-0.2, 0) is 6.42 Å². The van der Waals surface area contributed by atoms with Gasteiger partial charge in [-0.25, -0.2) is 8.78 Å². The Balaban J connectivity index is 1.95. The highest BCUT2D eigenvalue weighted by atomic mass is 32.1. The van der Waals surface area contributed by atoms with E-state index in [0.29, 0.717) is 0 Å². The molecule has 1 unspecified atom stereocenters. The van der Waals surface area contributed by atoms with Crippen LogP contribution in [0.5, 0.6) is 0 Å². The number of rotatable bonds is 3. The highest BCUT2D eigenvalue weighted by Crippen LogP contribution is 2.31. The second kappa shape index (κ2) is 5.31. The van der Waals surface area contributed by atoms with Gasteiger partial charge in [-0.15, -0.1) is 11.3 Å². The van der Waals surface area contributed by atoms with Crippen molar-refractivity contribution in [1.82, 2.24) is 0 Å². The van der Waals surface area contributed by atoms with Gasteiger partial charge >= 0.3 is 0 Å². The zero-order valence-corrected chi connectivity index (χ0v) is 11.5. The fraction of sp³-hybridized carbons (Fsp3) is 0.125. The smallest absolute Gasteiger partial charge is 0.129 e. The van der Waals surface area contributed by atoms with Crippen molar-refractivity contribution < 1.29 is 8.78 Å². The Hall–Kier alpha value is -1.78. The lowest BCUT2D eigenvalue weighted by Gasteiger charge is -2.12. The molecule has 102 valence electrons. The monoisotopic (exact) mass is 289 g/mol. The van der Waals surface area contributed by atoms with Crippen molar-refractivity contribution in [3.05, 3.63) is 70.6 Å². The summed E-state index contributed by atoms with van der Waals surface area (Å²) >= 11 is 1.59. The van der Waals surface area contributed by atoms with Gasteiger partial charge in [-0.1, -0.05) is 24.3 Å². The van der Waals surface area contributed by atoms with Gasteiger partial charge < -0.3 is 5.73 Å². The van der Waals surface area contributed by atoms with Crippen LogP contribution in [-0.4, -0.2) is 0 Å². The van der Waals surface area contributed by atoms with Gasteiger partial charge in [0.25, 0.3) is 0 Å². The lowest BCUT2D eigenvalue weighted by atomic mass is 9.98. The average molecular weight is 289 g/mol. The Morgan fingerprint density at radius 2 is 1.70 bits per heavy atom. The highest BCUT2D eigenvalue weighted by Gasteiger charge is 2.16. The van der Waals surface area contributed by atoms with Gasteiger partial charge in [-0.3, -0.25) is 0 Å². The van der Waals surface area contributed by atoms with Crippen LogP contribution in [0.4, 0.5) is 8.78 Å². The fourth-order valence-corrected chi connectivity index (χ4v) is 3.37. The predicted molar refractivity (Wildman–Crippen MR) is 78.8 cm³/mol. The molecule has 2 aromatic carbocycles. The van der Waals surface area contributed by atoms with Gasteiger partial charge in [-0.05, 0) is 40.9 Å². The highest BCUT2D eigenvalue weighted by molar-refractivity contribution is 7.17. The van der Waals surface area contributed by atoms with Crippen molar-refractivity contribution in [1.29, 1.82) is 0 Å².